The first-order valence-corrected chi connectivity index (χ1v) is 14.8. The predicted octanol–water partition coefficient (Wildman–Crippen LogP) is 4.40. The van der Waals surface area contributed by atoms with Crippen LogP contribution in [-0.4, -0.2) is 66.2 Å². The Bertz CT molecular complexity index is 1230. The van der Waals surface area contributed by atoms with Crippen molar-refractivity contribution in [2.45, 2.75) is 90.6 Å². The Balaban J connectivity index is 1.76. The standard InChI is InChI=1S/C33H45N3O7/c1-22(2)19-27(30(38)36-18-10-13-28(36)31(39)41-6)34-29(37)26(35-32(40)43-33(3,4)5)20-23-14-16-25(17-15-23)42-21-24-11-8-7-9-12-24/h7-9,11-12,14-17,22,26-28H,10,13,18-21H2,1-6H3,(H,34,37)(H,35,40)/t26-,27-,28-/m0/s1. The van der Waals surface area contributed by atoms with Crippen LogP contribution in [0.4, 0.5) is 4.79 Å². The molecule has 0 spiro atoms. The van der Waals surface area contributed by atoms with E-state index in [1.807, 2.05) is 68.4 Å². The molecule has 1 fully saturated rings. The lowest BCUT2D eigenvalue weighted by Gasteiger charge is -2.30. The summed E-state index contributed by atoms with van der Waals surface area (Å²) >= 11 is 0. The minimum Gasteiger partial charge on any atom is -0.489 e. The highest BCUT2D eigenvalue weighted by Crippen LogP contribution is 2.22. The first kappa shape index (κ1) is 33.4. The zero-order chi connectivity index (χ0) is 31.6. The zero-order valence-corrected chi connectivity index (χ0v) is 26.1. The lowest BCUT2D eigenvalue weighted by Crippen LogP contribution is -2.57. The molecule has 10 nitrogen and oxygen atoms in total. The Kier molecular flexibility index (Phi) is 12.0. The van der Waals surface area contributed by atoms with Gasteiger partial charge in [-0.2, -0.15) is 0 Å². The number of hydrogen-bond donors (Lipinski definition) is 2. The van der Waals surface area contributed by atoms with Crippen molar-refractivity contribution in [1.82, 2.24) is 15.5 Å². The molecule has 1 heterocycles. The van der Waals surface area contributed by atoms with Gasteiger partial charge >= 0.3 is 12.1 Å². The fraction of sp³-hybridized carbons (Fsp3) is 0.515. The fourth-order valence-electron chi connectivity index (χ4n) is 4.93. The number of nitrogens with one attached hydrogen (secondary N) is 2. The van der Waals surface area contributed by atoms with Crippen LogP contribution in [0.3, 0.4) is 0 Å². The van der Waals surface area contributed by atoms with E-state index < -0.39 is 41.7 Å². The molecule has 3 atom stereocenters. The molecule has 1 aliphatic heterocycles. The SMILES string of the molecule is COC(=O)[C@@H]1CCCN1C(=O)[C@H](CC(C)C)NC(=O)[C@H](Cc1ccc(OCc2ccccc2)cc1)NC(=O)OC(C)(C)C. The van der Waals surface area contributed by atoms with Gasteiger partial charge in [0.15, 0.2) is 0 Å². The van der Waals surface area contributed by atoms with Gasteiger partial charge in [0, 0.05) is 13.0 Å². The molecule has 10 heteroatoms. The van der Waals surface area contributed by atoms with E-state index in [-0.39, 0.29) is 18.2 Å². The smallest absolute Gasteiger partial charge is 0.408 e. The quantitative estimate of drug-likeness (QED) is 0.349. The Labute approximate surface area is 254 Å². The third-order valence-corrected chi connectivity index (χ3v) is 6.95. The number of rotatable bonds is 12. The number of likely N-dealkylation sites (tertiary alicyclic amines) is 1. The van der Waals surface area contributed by atoms with Gasteiger partial charge in [-0.25, -0.2) is 9.59 Å². The van der Waals surface area contributed by atoms with Gasteiger partial charge < -0.3 is 29.7 Å². The number of benzene rings is 2. The number of carbonyl (C=O) groups is 4. The number of hydrogen-bond acceptors (Lipinski definition) is 7. The number of nitrogens with zero attached hydrogens (tertiary/aromatic N) is 1. The van der Waals surface area contributed by atoms with E-state index in [2.05, 4.69) is 10.6 Å². The summed E-state index contributed by atoms with van der Waals surface area (Å²) in [5.41, 5.74) is 1.06. The van der Waals surface area contributed by atoms with Crippen LogP contribution in [-0.2, 0) is 36.9 Å². The highest BCUT2D eigenvalue weighted by Gasteiger charge is 2.39. The molecule has 3 amide bonds. The van der Waals surface area contributed by atoms with Crippen LogP contribution in [0.25, 0.3) is 0 Å². The molecule has 0 aromatic heterocycles. The molecule has 2 aromatic carbocycles. The van der Waals surface area contributed by atoms with E-state index in [4.69, 9.17) is 14.2 Å². The topological polar surface area (TPSA) is 123 Å². The van der Waals surface area contributed by atoms with Crippen molar-refractivity contribution < 1.29 is 33.4 Å². The van der Waals surface area contributed by atoms with Gasteiger partial charge in [-0.15, -0.1) is 0 Å². The van der Waals surface area contributed by atoms with Crippen LogP contribution in [0.2, 0.25) is 0 Å². The van der Waals surface area contributed by atoms with Crippen molar-refractivity contribution in [1.29, 1.82) is 0 Å². The van der Waals surface area contributed by atoms with E-state index in [0.29, 0.717) is 38.2 Å². The number of esters is 1. The lowest BCUT2D eigenvalue weighted by atomic mass is 10.0. The van der Waals surface area contributed by atoms with Gasteiger partial charge in [-0.05, 0) is 69.2 Å². The average molecular weight is 596 g/mol. The molecule has 3 rings (SSSR count). The first-order chi connectivity index (χ1) is 20.4. The molecule has 0 aliphatic carbocycles. The van der Waals surface area contributed by atoms with Gasteiger partial charge in [-0.3, -0.25) is 9.59 Å². The molecular weight excluding hydrogens is 550 g/mol. The van der Waals surface area contributed by atoms with Gasteiger partial charge in [0.05, 0.1) is 7.11 Å². The second-order valence-corrected chi connectivity index (χ2v) is 12.2. The van der Waals surface area contributed by atoms with Crippen LogP contribution in [0, 0.1) is 5.92 Å². The van der Waals surface area contributed by atoms with E-state index in [0.717, 1.165) is 11.1 Å². The van der Waals surface area contributed by atoms with Gasteiger partial charge in [0.1, 0.15) is 36.1 Å². The average Bonchev–Trinajstić information content (AvgIpc) is 3.44. The minimum atomic E-state index is -1.02. The van der Waals surface area contributed by atoms with Crippen molar-refractivity contribution in [2.75, 3.05) is 13.7 Å². The molecule has 0 unspecified atom stereocenters. The van der Waals surface area contributed by atoms with Crippen LogP contribution >= 0.6 is 0 Å². The second kappa shape index (κ2) is 15.4. The Morgan fingerprint density at radius 3 is 2.21 bits per heavy atom. The molecule has 43 heavy (non-hydrogen) atoms. The summed E-state index contributed by atoms with van der Waals surface area (Å²) in [5, 5.41) is 5.55. The van der Waals surface area contributed by atoms with E-state index in [9.17, 15) is 19.2 Å². The fourth-order valence-corrected chi connectivity index (χ4v) is 4.93. The molecule has 0 radical (unpaired) electrons. The number of carbonyl (C=O) groups excluding carboxylic acids is 4. The lowest BCUT2D eigenvalue weighted by molar-refractivity contribution is -0.152. The summed E-state index contributed by atoms with van der Waals surface area (Å²) in [7, 11) is 1.30. The van der Waals surface area contributed by atoms with Crippen molar-refractivity contribution in [3.63, 3.8) is 0 Å². The molecule has 2 aromatic rings. The summed E-state index contributed by atoms with van der Waals surface area (Å²) in [6.45, 7) is 9.94. The molecule has 234 valence electrons. The van der Waals surface area contributed by atoms with E-state index >= 15 is 0 Å². The van der Waals surface area contributed by atoms with Crippen molar-refractivity contribution in [3.05, 3.63) is 65.7 Å². The maximum atomic E-state index is 13.7. The third kappa shape index (κ3) is 10.6. The number of ether oxygens (including phenoxy) is 3. The van der Waals surface area contributed by atoms with E-state index in [1.165, 1.54) is 12.0 Å². The normalized spacial score (nSPS) is 16.3. The highest BCUT2D eigenvalue weighted by molar-refractivity contribution is 5.93. The van der Waals surface area contributed by atoms with Crippen LogP contribution < -0.4 is 15.4 Å². The summed E-state index contributed by atoms with van der Waals surface area (Å²) in [6, 6.07) is 14.5. The summed E-state index contributed by atoms with van der Waals surface area (Å²) < 4.78 is 16.2. The zero-order valence-electron chi connectivity index (χ0n) is 26.1. The summed E-state index contributed by atoms with van der Waals surface area (Å²) in [5.74, 6) is -0.591. The van der Waals surface area contributed by atoms with E-state index in [1.54, 1.807) is 20.8 Å². The van der Waals surface area contributed by atoms with Crippen molar-refractivity contribution in [2.24, 2.45) is 5.92 Å². The summed E-state index contributed by atoms with van der Waals surface area (Å²) in [4.78, 5) is 53.8. The maximum absolute atomic E-state index is 13.7. The molecule has 2 N–H and O–H groups in total. The molecule has 1 aliphatic rings. The number of amides is 3. The Morgan fingerprint density at radius 2 is 1.60 bits per heavy atom. The number of methoxy groups -OCH3 is 1. The molecule has 0 saturated carbocycles. The van der Waals surface area contributed by atoms with Crippen LogP contribution in [0.1, 0.15) is 65.0 Å². The number of alkyl carbamates (subject to hydrolysis) is 1. The molecule has 0 bridgehead atoms. The van der Waals surface area contributed by atoms with Crippen molar-refractivity contribution in [3.8, 4) is 5.75 Å². The highest BCUT2D eigenvalue weighted by atomic mass is 16.6. The van der Waals surface area contributed by atoms with Crippen LogP contribution in [0.15, 0.2) is 54.6 Å². The maximum Gasteiger partial charge on any atom is 0.408 e. The third-order valence-electron chi connectivity index (χ3n) is 6.95. The molecular formula is C33H45N3O7. The monoisotopic (exact) mass is 595 g/mol. The van der Waals surface area contributed by atoms with Gasteiger partial charge in [-0.1, -0.05) is 56.3 Å². The van der Waals surface area contributed by atoms with Crippen molar-refractivity contribution >= 4 is 23.9 Å². The Morgan fingerprint density at radius 1 is 0.930 bits per heavy atom. The second-order valence-electron chi connectivity index (χ2n) is 12.2. The molecule has 1 saturated heterocycles. The van der Waals surface area contributed by atoms with Gasteiger partial charge in [0.25, 0.3) is 0 Å². The minimum absolute atomic E-state index is 0.0779. The predicted molar refractivity (Wildman–Crippen MR) is 162 cm³/mol. The largest absolute Gasteiger partial charge is 0.489 e. The van der Waals surface area contributed by atoms with Gasteiger partial charge in [0.2, 0.25) is 11.8 Å². The summed E-state index contributed by atoms with van der Waals surface area (Å²) in [6.07, 6.45) is 0.950. The van der Waals surface area contributed by atoms with Crippen LogP contribution in [0.5, 0.6) is 5.75 Å². The first-order valence-electron chi connectivity index (χ1n) is 14.8. The Hall–Kier alpha value is -4.08.